The predicted octanol–water partition coefficient (Wildman–Crippen LogP) is 4.95. The fraction of sp³-hybridized carbons (Fsp3) is 0.125. The Hall–Kier alpha value is -3.36. The molecule has 0 saturated heterocycles. The summed E-state index contributed by atoms with van der Waals surface area (Å²) >= 11 is 2.86. The first-order chi connectivity index (χ1) is 15.7. The largest absolute Gasteiger partial charge is 0.459 e. The molecule has 0 bridgehead atoms. The van der Waals surface area contributed by atoms with Gasteiger partial charge in [-0.2, -0.15) is 0 Å². The van der Waals surface area contributed by atoms with E-state index in [0.717, 1.165) is 22.1 Å². The third-order valence-corrected chi connectivity index (χ3v) is 6.80. The van der Waals surface area contributed by atoms with Gasteiger partial charge in [0.1, 0.15) is 22.0 Å². The summed E-state index contributed by atoms with van der Waals surface area (Å²) in [5.41, 5.74) is 2.54. The number of nitrogens with zero attached hydrogens (tertiary/aromatic N) is 1. The molecule has 0 aliphatic heterocycles. The number of aromatic nitrogens is 2. The van der Waals surface area contributed by atoms with Crippen molar-refractivity contribution in [3.05, 3.63) is 88.0 Å². The van der Waals surface area contributed by atoms with Gasteiger partial charge in [0.2, 0.25) is 5.91 Å². The van der Waals surface area contributed by atoms with E-state index in [1.807, 2.05) is 66.0 Å². The molecule has 0 spiro atoms. The second kappa shape index (κ2) is 9.02. The number of carbonyl (C=O) groups excluding carboxylic acids is 1. The zero-order valence-electron chi connectivity index (χ0n) is 17.0. The normalized spacial score (nSPS) is 11.2. The molecule has 1 amide bonds. The molecule has 0 unspecified atom stereocenters. The first-order valence-electron chi connectivity index (χ1n) is 10.0. The average Bonchev–Trinajstić information content (AvgIpc) is 3.42. The Kier molecular flexibility index (Phi) is 5.79. The zero-order valence-corrected chi connectivity index (χ0v) is 18.6. The van der Waals surface area contributed by atoms with Crippen LogP contribution in [0.4, 0.5) is 0 Å². The molecule has 0 fully saturated rings. The Labute approximate surface area is 191 Å². The fourth-order valence-electron chi connectivity index (χ4n) is 3.49. The number of thiophene rings is 1. The van der Waals surface area contributed by atoms with Crippen LogP contribution in [0.5, 0.6) is 0 Å². The third kappa shape index (κ3) is 4.32. The number of aromatic amines is 1. The number of H-pyrrole nitrogens is 1. The summed E-state index contributed by atoms with van der Waals surface area (Å²) in [5, 5.41) is 6.45. The smallest absolute Gasteiger partial charge is 0.260 e. The van der Waals surface area contributed by atoms with E-state index in [0.29, 0.717) is 34.1 Å². The van der Waals surface area contributed by atoms with E-state index in [9.17, 15) is 9.59 Å². The second-order valence-electron chi connectivity index (χ2n) is 7.23. The third-order valence-electron chi connectivity index (χ3n) is 4.99. The van der Waals surface area contributed by atoms with Gasteiger partial charge in [0, 0.05) is 16.3 Å². The molecule has 3 aromatic heterocycles. The van der Waals surface area contributed by atoms with Crippen molar-refractivity contribution in [2.75, 3.05) is 5.75 Å². The molecule has 0 atom stereocenters. The van der Waals surface area contributed by atoms with Crippen LogP contribution in [0.15, 0.2) is 75.3 Å². The lowest BCUT2D eigenvalue weighted by Gasteiger charge is -2.04. The molecular weight excluding hydrogens is 442 g/mol. The molecule has 6 nitrogen and oxygen atoms in total. The number of carbonyl (C=O) groups is 1. The SMILES string of the molecule is O=C(CSCc1nc2scc(-c3ccccc3)c2c(=O)[nH]1)NCc1cc2ccccc2o1. The van der Waals surface area contributed by atoms with Crippen LogP contribution >= 0.6 is 23.1 Å². The zero-order chi connectivity index (χ0) is 21.9. The van der Waals surface area contributed by atoms with Crippen LogP contribution in [-0.2, 0) is 17.1 Å². The van der Waals surface area contributed by atoms with Gasteiger partial charge in [-0.15, -0.1) is 23.1 Å². The van der Waals surface area contributed by atoms with Gasteiger partial charge in [0.05, 0.1) is 23.4 Å². The lowest BCUT2D eigenvalue weighted by Crippen LogP contribution is -2.24. The van der Waals surface area contributed by atoms with Gasteiger partial charge in [-0.1, -0.05) is 48.5 Å². The van der Waals surface area contributed by atoms with Crippen molar-refractivity contribution < 1.29 is 9.21 Å². The highest BCUT2D eigenvalue weighted by atomic mass is 32.2. The monoisotopic (exact) mass is 461 g/mol. The Balaban J connectivity index is 1.19. The highest BCUT2D eigenvalue weighted by Gasteiger charge is 2.13. The maximum Gasteiger partial charge on any atom is 0.260 e. The van der Waals surface area contributed by atoms with Crippen molar-refractivity contribution in [1.82, 2.24) is 15.3 Å². The van der Waals surface area contributed by atoms with Crippen LogP contribution in [0.1, 0.15) is 11.6 Å². The number of fused-ring (bicyclic) bond motifs is 2. The highest BCUT2D eigenvalue weighted by Crippen LogP contribution is 2.30. The van der Waals surface area contributed by atoms with Crippen molar-refractivity contribution in [3.8, 4) is 11.1 Å². The highest BCUT2D eigenvalue weighted by molar-refractivity contribution is 7.99. The number of amides is 1. The first-order valence-corrected chi connectivity index (χ1v) is 12.1. The number of para-hydroxylation sites is 1. The standard InChI is InChI=1S/C24H19N3O3S2/c28-21(25-11-17-10-16-8-4-5-9-19(16)30-17)14-31-13-20-26-23(29)22-18(12-32-24(22)27-20)15-6-2-1-3-7-15/h1-10,12H,11,13-14H2,(H,25,28)(H,26,27,29). The summed E-state index contributed by atoms with van der Waals surface area (Å²) in [5.74, 6) is 1.90. The van der Waals surface area contributed by atoms with Crippen LogP contribution < -0.4 is 10.9 Å². The molecular formula is C24H19N3O3S2. The quantitative estimate of drug-likeness (QED) is 0.358. The summed E-state index contributed by atoms with van der Waals surface area (Å²) in [4.78, 5) is 33.1. The van der Waals surface area contributed by atoms with Crippen molar-refractivity contribution in [2.24, 2.45) is 0 Å². The fourth-order valence-corrected chi connectivity index (χ4v) is 5.18. The predicted molar refractivity (Wildman–Crippen MR) is 130 cm³/mol. The minimum Gasteiger partial charge on any atom is -0.459 e. The van der Waals surface area contributed by atoms with Crippen molar-refractivity contribution in [2.45, 2.75) is 12.3 Å². The molecule has 2 N–H and O–H groups in total. The van der Waals surface area contributed by atoms with Gasteiger partial charge in [-0.25, -0.2) is 4.98 Å². The van der Waals surface area contributed by atoms with Crippen LogP contribution in [0.2, 0.25) is 0 Å². The summed E-state index contributed by atoms with van der Waals surface area (Å²) in [6.07, 6.45) is 0. The molecule has 160 valence electrons. The Morgan fingerprint density at radius 3 is 2.78 bits per heavy atom. The number of thioether (sulfide) groups is 1. The molecule has 32 heavy (non-hydrogen) atoms. The van der Waals surface area contributed by atoms with Gasteiger partial charge >= 0.3 is 0 Å². The number of furan rings is 1. The summed E-state index contributed by atoms with van der Waals surface area (Å²) in [6.45, 7) is 0.340. The second-order valence-corrected chi connectivity index (χ2v) is 9.07. The van der Waals surface area contributed by atoms with E-state index >= 15 is 0 Å². The molecule has 0 radical (unpaired) electrons. The lowest BCUT2D eigenvalue weighted by atomic mass is 10.1. The topological polar surface area (TPSA) is 88.0 Å². The van der Waals surface area contributed by atoms with Crippen molar-refractivity contribution in [3.63, 3.8) is 0 Å². The Morgan fingerprint density at radius 1 is 1.12 bits per heavy atom. The average molecular weight is 462 g/mol. The van der Waals surface area contributed by atoms with Crippen molar-refractivity contribution in [1.29, 1.82) is 0 Å². The number of hydrogen-bond donors (Lipinski definition) is 2. The summed E-state index contributed by atoms with van der Waals surface area (Å²) < 4.78 is 5.71. The minimum absolute atomic E-state index is 0.0960. The molecule has 3 heterocycles. The van der Waals surface area contributed by atoms with Gasteiger partial charge in [0.25, 0.3) is 5.56 Å². The van der Waals surface area contributed by atoms with E-state index < -0.39 is 0 Å². The summed E-state index contributed by atoms with van der Waals surface area (Å²) in [6, 6.07) is 19.5. The van der Waals surface area contributed by atoms with Crippen LogP contribution in [0.25, 0.3) is 32.3 Å². The van der Waals surface area contributed by atoms with Gasteiger partial charge < -0.3 is 14.7 Å². The molecule has 5 rings (SSSR count). The maximum atomic E-state index is 12.7. The molecule has 2 aromatic carbocycles. The summed E-state index contributed by atoms with van der Waals surface area (Å²) in [7, 11) is 0. The maximum absolute atomic E-state index is 12.7. The Morgan fingerprint density at radius 2 is 1.94 bits per heavy atom. The number of nitrogens with one attached hydrogen (secondary N) is 2. The van der Waals surface area contributed by atoms with Gasteiger partial charge in [-0.05, 0) is 17.7 Å². The van der Waals surface area contributed by atoms with E-state index in [1.165, 1.54) is 23.1 Å². The molecule has 0 saturated carbocycles. The Bertz CT molecular complexity index is 1420. The van der Waals surface area contributed by atoms with E-state index in [1.54, 1.807) is 0 Å². The van der Waals surface area contributed by atoms with Crippen molar-refractivity contribution >= 4 is 50.2 Å². The number of rotatable bonds is 7. The van der Waals surface area contributed by atoms with Gasteiger partial charge in [0.15, 0.2) is 0 Å². The molecule has 5 aromatic rings. The molecule has 0 aliphatic carbocycles. The van der Waals surface area contributed by atoms with Crippen LogP contribution in [0, 0.1) is 0 Å². The van der Waals surface area contributed by atoms with E-state index in [2.05, 4.69) is 15.3 Å². The van der Waals surface area contributed by atoms with E-state index in [4.69, 9.17) is 4.42 Å². The van der Waals surface area contributed by atoms with Crippen LogP contribution in [0.3, 0.4) is 0 Å². The van der Waals surface area contributed by atoms with Crippen LogP contribution in [-0.4, -0.2) is 21.6 Å². The number of benzene rings is 2. The molecule has 8 heteroatoms. The lowest BCUT2D eigenvalue weighted by molar-refractivity contribution is -0.118. The first kappa shape index (κ1) is 20.5. The number of hydrogen-bond acceptors (Lipinski definition) is 6. The van der Waals surface area contributed by atoms with Gasteiger partial charge in [-0.3, -0.25) is 9.59 Å². The van der Waals surface area contributed by atoms with E-state index in [-0.39, 0.29) is 17.2 Å². The minimum atomic E-state index is -0.153. The molecule has 0 aliphatic rings.